The van der Waals surface area contributed by atoms with Gasteiger partial charge in [0.25, 0.3) is 5.88 Å². The molecule has 0 aliphatic rings. The Balaban J connectivity index is 2.48. The summed E-state index contributed by atoms with van der Waals surface area (Å²) in [6, 6.07) is 0. The number of rotatable bonds is 4. The van der Waals surface area contributed by atoms with Crippen LogP contribution in [0.2, 0.25) is 0 Å². The first-order chi connectivity index (χ1) is 6.22. The standard InChI is InChI=1S/C7H12N4O2/c1-6(12)13-7-5-11(10-9-7)4-2-3-8/h5H,2-4,8H2,1H3. The third-order valence-corrected chi connectivity index (χ3v) is 1.36. The van der Waals surface area contributed by atoms with E-state index in [1.165, 1.54) is 6.92 Å². The van der Waals surface area contributed by atoms with E-state index in [4.69, 9.17) is 10.5 Å². The molecule has 1 aromatic rings. The van der Waals surface area contributed by atoms with Gasteiger partial charge < -0.3 is 10.5 Å². The monoisotopic (exact) mass is 184 g/mol. The summed E-state index contributed by atoms with van der Waals surface area (Å²) >= 11 is 0. The largest absolute Gasteiger partial charge is 0.404 e. The molecule has 0 amide bonds. The first kappa shape index (κ1) is 9.66. The van der Waals surface area contributed by atoms with Crippen LogP contribution in [0.1, 0.15) is 13.3 Å². The number of ether oxygens (including phenoxy) is 1. The first-order valence-electron chi connectivity index (χ1n) is 4.01. The molecule has 0 radical (unpaired) electrons. The molecule has 1 heterocycles. The zero-order chi connectivity index (χ0) is 9.68. The maximum atomic E-state index is 10.5. The van der Waals surface area contributed by atoms with Gasteiger partial charge in [-0.3, -0.25) is 4.79 Å². The highest BCUT2D eigenvalue weighted by molar-refractivity contribution is 5.68. The number of hydrogen-bond acceptors (Lipinski definition) is 5. The van der Waals surface area contributed by atoms with Gasteiger partial charge in [0, 0.05) is 13.5 Å². The normalized spacial score (nSPS) is 10.0. The van der Waals surface area contributed by atoms with Crippen molar-refractivity contribution >= 4 is 5.97 Å². The maximum absolute atomic E-state index is 10.5. The third kappa shape index (κ3) is 3.20. The molecule has 0 saturated carbocycles. The average molecular weight is 184 g/mol. The van der Waals surface area contributed by atoms with E-state index in [9.17, 15) is 4.79 Å². The van der Waals surface area contributed by atoms with Gasteiger partial charge in [-0.05, 0) is 13.0 Å². The fourth-order valence-electron chi connectivity index (χ4n) is 0.837. The summed E-state index contributed by atoms with van der Waals surface area (Å²) in [5.41, 5.74) is 5.32. The van der Waals surface area contributed by atoms with Gasteiger partial charge in [0.1, 0.15) is 0 Å². The minimum atomic E-state index is -0.397. The second-order valence-electron chi connectivity index (χ2n) is 2.56. The molecular formula is C7H12N4O2. The Bertz CT molecular complexity index is 284. The van der Waals surface area contributed by atoms with Crippen LogP contribution in [0.15, 0.2) is 6.20 Å². The van der Waals surface area contributed by atoms with E-state index < -0.39 is 5.97 Å². The van der Waals surface area contributed by atoms with Crippen LogP contribution < -0.4 is 10.5 Å². The zero-order valence-corrected chi connectivity index (χ0v) is 7.43. The van der Waals surface area contributed by atoms with Crippen molar-refractivity contribution in [2.45, 2.75) is 19.9 Å². The van der Waals surface area contributed by atoms with Crippen molar-refractivity contribution in [2.75, 3.05) is 6.54 Å². The number of nitrogens with zero attached hydrogens (tertiary/aromatic N) is 3. The van der Waals surface area contributed by atoms with Crippen LogP contribution in [0.25, 0.3) is 0 Å². The number of carbonyl (C=O) groups is 1. The van der Waals surface area contributed by atoms with Crippen LogP contribution in [0, 0.1) is 0 Å². The van der Waals surface area contributed by atoms with Crippen LogP contribution in [0.4, 0.5) is 0 Å². The Morgan fingerprint density at radius 3 is 3.15 bits per heavy atom. The topological polar surface area (TPSA) is 83.0 Å². The van der Waals surface area contributed by atoms with Crippen LogP contribution in [-0.4, -0.2) is 27.5 Å². The van der Waals surface area contributed by atoms with Crippen LogP contribution in [0.3, 0.4) is 0 Å². The van der Waals surface area contributed by atoms with E-state index >= 15 is 0 Å². The van der Waals surface area contributed by atoms with Crippen molar-refractivity contribution in [1.82, 2.24) is 15.0 Å². The molecule has 6 nitrogen and oxygen atoms in total. The molecule has 1 aromatic heterocycles. The molecular weight excluding hydrogens is 172 g/mol. The molecule has 0 fully saturated rings. The average Bonchev–Trinajstić information content (AvgIpc) is 2.48. The minimum absolute atomic E-state index is 0.226. The SMILES string of the molecule is CC(=O)Oc1cn(CCCN)nn1. The third-order valence-electron chi connectivity index (χ3n) is 1.36. The second kappa shape index (κ2) is 4.56. The first-order valence-corrected chi connectivity index (χ1v) is 4.01. The lowest BCUT2D eigenvalue weighted by molar-refractivity contribution is -0.132. The Labute approximate surface area is 75.7 Å². The molecule has 72 valence electrons. The van der Waals surface area contributed by atoms with Crippen molar-refractivity contribution in [3.8, 4) is 5.88 Å². The molecule has 0 atom stereocenters. The Kier molecular flexibility index (Phi) is 3.39. The molecule has 0 saturated heterocycles. The molecule has 0 aliphatic carbocycles. The number of aryl methyl sites for hydroxylation is 1. The second-order valence-corrected chi connectivity index (χ2v) is 2.56. The van der Waals surface area contributed by atoms with E-state index in [0.717, 1.165) is 6.42 Å². The Morgan fingerprint density at radius 2 is 2.54 bits per heavy atom. The van der Waals surface area contributed by atoms with Crippen LogP contribution in [-0.2, 0) is 11.3 Å². The van der Waals surface area contributed by atoms with Gasteiger partial charge in [0.05, 0.1) is 6.20 Å². The summed E-state index contributed by atoms with van der Waals surface area (Å²) in [4.78, 5) is 10.5. The number of esters is 1. The van der Waals surface area contributed by atoms with Gasteiger partial charge in [-0.15, -0.1) is 0 Å². The summed E-state index contributed by atoms with van der Waals surface area (Å²) < 4.78 is 6.30. The van der Waals surface area contributed by atoms with E-state index in [0.29, 0.717) is 13.1 Å². The molecule has 13 heavy (non-hydrogen) atoms. The summed E-state index contributed by atoms with van der Waals surface area (Å²) in [5.74, 6) is -0.171. The van der Waals surface area contributed by atoms with E-state index in [2.05, 4.69) is 10.3 Å². The van der Waals surface area contributed by atoms with Crippen molar-refractivity contribution in [1.29, 1.82) is 0 Å². The lowest BCUT2D eigenvalue weighted by Gasteiger charge is -1.95. The summed E-state index contributed by atoms with van der Waals surface area (Å²) in [6.45, 7) is 2.60. The number of hydrogen-bond donors (Lipinski definition) is 1. The quantitative estimate of drug-likeness (QED) is 0.641. The highest BCUT2D eigenvalue weighted by atomic mass is 16.5. The lowest BCUT2D eigenvalue weighted by atomic mass is 10.4. The van der Waals surface area contributed by atoms with Crippen molar-refractivity contribution in [2.24, 2.45) is 5.73 Å². The molecule has 0 spiro atoms. The highest BCUT2D eigenvalue weighted by Gasteiger charge is 2.02. The maximum Gasteiger partial charge on any atom is 0.309 e. The fourth-order valence-corrected chi connectivity index (χ4v) is 0.837. The molecule has 1 rings (SSSR count). The van der Waals surface area contributed by atoms with E-state index in [1.54, 1.807) is 10.9 Å². The van der Waals surface area contributed by atoms with Gasteiger partial charge in [-0.1, -0.05) is 10.3 Å². The fraction of sp³-hybridized carbons (Fsp3) is 0.571. The molecule has 0 aliphatic heterocycles. The Hall–Kier alpha value is -1.43. The molecule has 0 aromatic carbocycles. The Morgan fingerprint density at radius 1 is 1.77 bits per heavy atom. The number of aromatic nitrogens is 3. The van der Waals surface area contributed by atoms with Gasteiger partial charge in [0.2, 0.25) is 0 Å². The van der Waals surface area contributed by atoms with Gasteiger partial charge in [0.15, 0.2) is 0 Å². The smallest absolute Gasteiger partial charge is 0.309 e. The summed E-state index contributed by atoms with van der Waals surface area (Å²) in [5, 5.41) is 7.38. The van der Waals surface area contributed by atoms with E-state index in [-0.39, 0.29) is 5.88 Å². The summed E-state index contributed by atoms with van der Waals surface area (Å²) in [6.07, 6.45) is 2.39. The van der Waals surface area contributed by atoms with Crippen LogP contribution in [0.5, 0.6) is 5.88 Å². The van der Waals surface area contributed by atoms with Crippen molar-refractivity contribution < 1.29 is 9.53 Å². The van der Waals surface area contributed by atoms with Crippen LogP contribution >= 0.6 is 0 Å². The molecule has 2 N–H and O–H groups in total. The molecule has 0 bridgehead atoms. The molecule has 6 heteroatoms. The zero-order valence-electron chi connectivity index (χ0n) is 7.43. The van der Waals surface area contributed by atoms with Gasteiger partial charge in [-0.2, -0.15) is 0 Å². The van der Waals surface area contributed by atoms with E-state index in [1.807, 2.05) is 0 Å². The van der Waals surface area contributed by atoms with Crippen molar-refractivity contribution in [3.05, 3.63) is 6.20 Å². The number of carbonyl (C=O) groups excluding carboxylic acids is 1. The molecule has 0 unspecified atom stereocenters. The minimum Gasteiger partial charge on any atom is -0.404 e. The summed E-state index contributed by atoms with van der Waals surface area (Å²) in [7, 11) is 0. The van der Waals surface area contributed by atoms with Crippen molar-refractivity contribution in [3.63, 3.8) is 0 Å². The number of nitrogens with two attached hydrogens (primary N) is 1. The predicted molar refractivity (Wildman–Crippen MR) is 45.0 cm³/mol. The predicted octanol–water partition coefficient (Wildman–Crippen LogP) is -0.448. The van der Waals surface area contributed by atoms with Gasteiger partial charge >= 0.3 is 5.97 Å². The highest BCUT2D eigenvalue weighted by Crippen LogP contribution is 2.03. The lowest BCUT2D eigenvalue weighted by Crippen LogP contribution is -2.06. The van der Waals surface area contributed by atoms with Gasteiger partial charge in [-0.25, -0.2) is 4.68 Å².